The van der Waals surface area contributed by atoms with Crippen molar-refractivity contribution >= 4 is 86.6 Å². The molecule has 2 bridgehead atoms. The average Bonchev–Trinajstić information content (AvgIpc) is 3.79. The molecule has 0 aromatic heterocycles. The lowest BCUT2D eigenvalue weighted by molar-refractivity contribution is -0.142. The number of hydrogen-bond donors (Lipinski definition) is 11. The van der Waals surface area contributed by atoms with Crippen LogP contribution in [0.4, 0.5) is 0 Å². The minimum Gasteiger partial charge on any atom is -0.508 e. The predicted molar refractivity (Wildman–Crippen MR) is 258 cm³/mol. The van der Waals surface area contributed by atoms with E-state index in [4.69, 9.17) is 11.5 Å². The summed E-state index contributed by atoms with van der Waals surface area (Å²) in [6.07, 6.45) is -0.0691. The zero-order valence-corrected chi connectivity index (χ0v) is 41.5. The Hall–Kier alpha value is -6.11. The second-order valence-corrected chi connectivity index (χ2v) is 21.4. The molecule has 1 aromatic carbocycles. The number of hydrogen-bond acceptors (Lipinski definition) is 14. The monoisotopic (exact) mass is 1020 g/mol. The van der Waals surface area contributed by atoms with Crippen LogP contribution in [-0.4, -0.2) is 147 Å². The van der Waals surface area contributed by atoms with Gasteiger partial charge < -0.3 is 64.0 Å². The van der Waals surface area contributed by atoms with E-state index in [1.165, 1.54) is 27.8 Å². The molecule has 11 amide bonds. The van der Waals surface area contributed by atoms with Crippen molar-refractivity contribution in [2.24, 2.45) is 17.4 Å². The summed E-state index contributed by atoms with van der Waals surface area (Å²) in [6, 6.07) is -3.48. The van der Waals surface area contributed by atoms with Crippen molar-refractivity contribution in [1.29, 1.82) is 0 Å². The minimum atomic E-state index is -1.71. The largest absolute Gasteiger partial charge is 0.508 e. The molecule has 0 aliphatic carbocycles. The SMILES string of the molecule is CC[C@H](C)[C@@H]1NC(=O)[C@H](Cc2ccc(O)cc2)NC(=O)CC(C)(C)SSC[C@H]2NC(=O)[C@@H](CC(N)=O)NC(=O)[C@H](CCC(=O)NCCCC[C@@H](C(=O)NCC(N)=O)NC(=O)[C@@H]3CCCN3C2=O)NC1=O. The molecule has 25 heteroatoms. The molecule has 13 N–H and O–H groups in total. The van der Waals surface area contributed by atoms with E-state index in [1.54, 1.807) is 39.8 Å². The highest BCUT2D eigenvalue weighted by molar-refractivity contribution is 8.77. The first kappa shape index (κ1) is 56.5. The third-order valence-electron chi connectivity index (χ3n) is 12.0. The third kappa shape index (κ3) is 17.7. The lowest BCUT2D eigenvalue weighted by Crippen LogP contribution is -2.61. The van der Waals surface area contributed by atoms with Crippen LogP contribution in [0.1, 0.15) is 97.5 Å². The normalized spacial score (nSPS) is 26.7. The van der Waals surface area contributed by atoms with Crippen LogP contribution in [0.3, 0.4) is 0 Å². The summed E-state index contributed by atoms with van der Waals surface area (Å²) < 4.78 is -0.887. The van der Waals surface area contributed by atoms with Gasteiger partial charge in [0.15, 0.2) is 0 Å². The van der Waals surface area contributed by atoms with Gasteiger partial charge in [-0.2, -0.15) is 0 Å². The number of amides is 11. The van der Waals surface area contributed by atoms with E-state index in [0.29, 0.717) is 31.2 Å². The molecule has 4 rings (SSSR count). The lowest BCUT2D eigenvalue weighted by Gasteiger charge is -2.32. The number of carbonyl (C=O) groups excluding carboxylic acids is 11. The van der Waals surface area contributed by atoms with Crippen LogP contribution in [0.15, 0.2) is 24.3 Å². The van der Waals surface area contributed by atoms with Crippen LogP contribution in [0.25, 0.3) is 0 Å². The smallest absolute Gasteiger partial charge is 0.246 e. The van der Waals surface area contributed by atoms with Crippen molar-refractivity contribution in [1.82, 2.24) is 47.4 Å². The fourth-order valence-electron chi connectivity index (χ4n) is 8.02. The number of aromatic hydroxyl groups is 1. The van der Waals surface area contributed by atoms with Crippen molar-refractivity contribution in [2.45, 2.75) is 145 Å². The first-order valence-electron chi connectivity index (χ1n) is 23.4. The number of phenols is 1. The number of nitrogens with zero attached hydrogens (tertiary/aromatic N) is 1. The summed E-state index contributed by atoms with van der Waals surface area (Å²) in [6.45, 7) is 6.63. The summed E-state index contributed by atoms with van der Waals surface area (Å²) in [5.41, 5.74) is 11.4. The number of carbonyl (C=O) groups is 11. The van der Waals surface area contributed by atoms with Crippen molar-refractivity contribution in [3.05, 3.63) is 29.8 Å². The van der Waals surface area contributed by atoms with Gasteiger partial charge in [0.25, 0.3) is 0 Å². The number of nitrogens with two attached hydrogens (primary N) is 2. The van der Waals surface area contributed by atoms with Gasteiger partial charge in [-0.25, -0.2) is 0 Å². The topological polar surface area (TPSA) is 360 Å². The molecule has 0 spiro atoms. The Morgan fingerprint density at radius 1 is 0.786 bits per heavy atom. The highest BCUT2D eigenvalue weighted by atomic mass is 33.1. The van der Waals surface area contributed by atoms with Gasteiger partial charge in [-0.15, -0.1) is 0 Å². The predicted octanol–water partition coefficient (Wildman–Crippen LogP) is -2.00. The molecule has 3 aliphatic heterocycles. The zero-order valence-electron chi connectivity index (χ0n) is 39.9. The molecule has 70 heavy (non-hydrogen) atoms. The van der Waals surface area contributed by atoms with Gasteiger partial charge in [-0.05, 0) is 76.0 Å². The van der Waals surface area contributed by atoms with Gasteiger partial charge in [0.2, 0.25) is 65.0 Å². The van der Waals surface area contributed by atoms with E-state index in [-0.39, 0.29) is 63.1 Å². The minimum absolute atomic E-state index is 0.0205. The van der Waals surface area contributed by atoms with E-state index >= 15 is 0 Å². The first-order chi connectivity index (χ1) is 33.1. The van der Waals surface area contributed by atoms with Crippen molar-refractivity contribution in [2.75, 3.05) is 25.4 Å². The average molecular weight is 1020 g/mol. The van der Waals surface area contributed by atoms with Gasteiger partial charge in [0.05, 0.1) is 13.0 Å². The molecule has 3 fully saturated rings. The van der Waals surface area contributed by atoms with Crippen LogP contribution < -0.4 is 54.0 Å². The Morgan fingerprint density at radius 3 is 2.14 bits per heavy atom. The van der Waals surface area contributed by atoms with Crippen LogP contribution in [0, 0.1) is 5.92 Å². The number of phenolic OH excluding ortho intramolecular Hbond substituents is 1. The summed E-state index contributed by atoms with van der Waals surface area (Å²) in [5, 5.41) is 31.0. The van der Waals surface area contributed by atoms with Gasteiger partial charge in [0.1, 0.15) is 48.0 Å². The number of nitrogens with one attached hydrogen (secondary N) is 8. The molecule has 8 atom stereocenters. The summed E-state index contributed by atoms with van der Waals surface area (Å²) in [5.74, 6) is -9.36. The highest BCUT2D eigenvalue weighted by Gasteiger charge is 2.41. The molecule has 1 aromatic rings. The maximum Gasteiger partial charge on any atom is 0.246 e. The Bertz CT molecular complexity index is 2110. The molecule has 3 heterocycles. The third-order valence-corrected chi connectivity index (χ3v) is 15.3. The second-order valence-electron chi connectivity index (χ2n) is 18.3. The van der Waals surface area contributed by atoms with Crippen LogP contribution in [0.5, 0.6) is 5.75 Å². The molecule has 3 aliphatic rings. The molecule has 386 valence electrons. The zero-order chi connectivity index (χ0) is 51.7. The molecule has 23 nitrogen and oxygen atoms in total. The second kappa shape index (κ2) is 26.8. The Morgan fingerprint density at radius 2 is 1.47 bits per heavy atom. The molecule has 0 saturated carbocycles. The van der Waals surface area contributed by atoms with Crippen LogP contribution in [-0.2, 0) is 59.2 Å². The van der Waals surface area contributed by atoms with Crippen molar-refractivity contribution in [3.8, 4) is 5.75 Å². The Kier molecular flexibility index (Phi) is 21.6. The molecule has 0 unspecified atom stereocenters. The maximum absolute atomic E-state index is 14.6. The van der Waals surface area contributed by atoms with E-state index < -0.39 is 131 Å². The number of benzene rings is 1. The van der Waals surface area contributed by atoms with Gasteiger partial charge in [-0.3, -0.25) is 52.7 Å². The molecule has 0 radical (unpaired) electrons. The number of fused-ring (bicyclic) bond motifs is 7. The van der Waals surface area contributed by atoms with E-state index in [1.807, 2.05) is 0 Å². The first-order valence-corrected chi connectivity index (χ1v) is 25.7. The fraction of sp³-hybridized carbons (Fsp3) is 0.622. The Balaban J connectivity index is 1.82. The summed E-state index contributed by atoms with van der Waals surface area (Å²) in [4.78, 5) is 151. The maximum atomic E-state index is 14.6. The molecular weight excluding hydrogens is 951 g/mol. The summed E-state index contributed by atoms with van der Waals surface area (Å²) >= 11 is 0. The van der Waals surface area contributed by atoms with Crippen molar-refractivity contribution in [3.63, 3.8) is 0 Å². The van der Waals surface area contributed by atoms with Crippen molar-refractivity contribution < 1.29 is 57.8 Å². The fourth-order valence-corrected chi connectivity index (χ4v) is 10.7. The molecule has 3 saturated heterocycles. The lowest BCUT2D eigenvalue weighted by atomic mass is 9.96. The standard InChI is InChI=1S/C45H67N11O12S2/c1-5-24(2)37-43(67)52-28-15-16-35(60)48-17-7-6-9-27(38(62)49-22-34(47)59)51-42(66)32-10-8-18-56(32)44(68)31(54-40(64)30(20-33(46)58)53-39(28)63)23-69-70-45(3,4)21-36(61)50-29(41(65)55-37)19-25-11-13-26(57)14-12-25/h11-14,24,27-32,37,57H,5-10,15-23H2,1-4H3,(H2,46,58)(H2,47,59)(H,48,60)(H,49,62)(H,50,61)(H,51,66)(H,52,67)(H,53,63)(H,54,64)(H,55,65)/t24-,27-,28-,29-,30+,31+,32-,37-/m0/s1. The van der Waals surface area contributed by atoms with Gasteiger partial charge in [-0.1, -0.05) is 54.0 Å². The van der Waals surface area contributed by atoms with E-state index in [0.717, 1.165) is 10.8 Å². The summed E-state index contributed by atoms with van der Waals surface area (Å²) in [7, 11) is 2.30. The van der Waals surface area contributed by atoms with Crippen LogP contribution >= 0.6 is 21.6 Å². The van der Waals surface area contributed by atoms with Gasteiger partial charge in [0, 0.05) is 42.9 Å². The number of primary amides is 2. The quantitative estimate of drug-likeness (QED) is 0.119. The van der Waals surface area contributed by atoms with Crippen LogP contribution in [0.2, 0.25) is 0 Å². The Labute approximate surface area is 414 Å². The molecular formula is C45H67N11O12S2. The number of rotatable bonds is 9. The van der Waals surface area contributed by atoms with E-state index in [2.05, 4.69) is 42.5 Å². The van der Waals surface area contributed by atoms with E-state index in [9.17, 15) is 57.8 Å². The van der Waals surface area contributed by atoms with Gasteiger partial charge >= 0.3 is 0 Å². The highest BCUT2D eigenvalue weighted by Crippen LogP contribution is 2.39.